The molecule has 0 aromatic heterocycles. The molecule has 0 saturated heterocycles. The first-order valence-corrected chi connectivity index (χ1v) is 8.58. The molecule has 0 fully saturated rings. The molecule has 1 rings (SSSR count). The summed E-state index contributed by atoms with van der Waals surface area (Å²) in [5.74, 6) is -0.978. The molecular weight excluding hydrogens is 346 g/mol. The van der Waals surface area contributed by atoms with Crippen LogP contribution in [0.3, 0.4) is 0 Å². The molecule has 3 nitrogen and oxygen atoms in total. The Morgan fingerprint density at radius 2 is 1.88 bits per heavy atom. The lowest BCUT2D eigenvalue weighted by molar-refractivity contribution is -0.0580. The summed E-state index contributed by atoms with van der Waals surface area (Å²) in [6.45, 7) is 6.77. The maximum absolute atomic E-state index is 14.1. The van der Waals surface area contributed by atoms with Crippen LogP contribution in [0.25, 0.3) is 0 Å². The molecule has 1 atom stereocenters. The fourth-order valence-corrected chi connectivity index (χ4v) is 2.23. The van der Waals surface area contributed by atoms with Crippen molar-refractivity contribution < 1.29 is 26.9 Å². The van der Waals surface area contributed by atoms with Crippen LogP contribution < -0.4 is 4.74 Å². The summed E-state index contributed by atoms with van der Waals surface area (Å²) < 4.78 is 73.2. The fraction of sp³-hybridized carbons (Fsp3) is 0.562. The van der Waals surface area contributed by atoms with Crippen molar-refractivity contribution in [3.05, 3.63) is 29.6 Å². The van der Waals surface area contributed by atoms with E-state index in [1.807, 2.05) is 6.92 Å². The lowest BCUT2D eigenvalue weighted by atomic mass is 10.1. The molecule has 8 heteroatoms. The average Bonchev–Trinajstić information content (AvgIpc) is 2.43. The van der Waals surface area contributed by atoms with E-state index in [-0.39, 0.29) is 5.75 Å². The Balaban J connectivity index is 3.19. The summed E-state index contributed by atoms with van der Waals surface area (Å²) in [6, 6.07) is 3.07. The van der Waals surface area contributed by atoms with Crippen LogP contribution >= 0.6 is 0 Å². The van der Waals surface area contributed by atoms with E-state index in [0.29, 0.717) is 6.61 Å². The van der Waals surface area contributed by atoms with E-state index in [1.165, 1.54) is 26.8 Å². The monoisotopic (exact) mass is 367 g/mol. The number of hydrogen-bond acceptors (Lipinski definition) is 3. The van der Waals surface area contributed by atoms with E-state index in [2.05, 4.69) is 4.40 Å². The summed E-state index contributed by atoms with van der Waals surface area (Å²) in [7, 11) is 0. The van der Waals surface area contributed by atoms with Crippen molar-refractivity contribution in [2.24, 2.45) is 4.40 Å². The minimum Gasteiger partial charge on any atom is -0.591 e. The molecule has 0 aliphatic carbocycles. The number of ether oxygens (including phenoxy) is 1. The molecule has 0 radical (unpaired) electrons. The summed E-state index contributed by atoms with van der Waals surface area (Å²) in [6.07, 6.45) is -3.29. The molecule has 0 heterocycles. The van der Waals surface area contributed by atoms with Gasteiger partial charge >= 0.3 is 6.18 Å². The number of halogens is 4. The molecule has 0 aliphatic rings. The average molecular weight is 367 g/mol. The maximum atomic E-state index is 14.1. The van der Waals surface area contributed by atoms with Crippen LogP contribution in [-0.4, -0.2) is 27.8 Å². The van der Waals surface area contributed by atoms with Crippen LogP contribution in [0.4, 0.5) is 17.6 Å². The minimum atomic E-state index is -4.92. The highest BCUT2D eigenvalue weighted by Crippen LogP contribution is 2.29. The summed E-state index contributed by atoms with van der Waals surface area (Å²) >= 11 is -2.16. The summed E-state index contributed by atoms with van der Waals surface area (Å²) in [5.41, 5.74) is -2.24. The van der Waals surface area contributed by atoms with Gasteiger partial charge in [0.15, 0.2) is 0 Å². The second-order valence-electron chi connectivity index (χ2n) is 6.14. The second kappa shape index (κ2) is 8.20. The van der Waals surface area contributed by atoms with Gasteiger partial charge in [-0.15, -0.1) is 0 Å². The second-order valence-corrected chi connectivity index (χ2v) is 8.05. The topological polar surface area (TPSA) is 44.6 Å². The lowest BCUT2D eigenvalue weighted by Gasteiger charge is -2.20. The van der Waals surface area contributed by atoms with Gasteiger partial charge in [-0.3, -0.25) is 0 Å². The Morgan fingerprint density at radius 3 is 2.33 bits per heavy atom. The summed E-state index contributed by atoms with van der Waals surface area (Å²) in [5, 5.41) is 0. The number of hydrogen-bond donors (Lipinski definition) is 0. The van der Waals surface area contributed by atoms with Crippen LogP contribution in [-0.2, 0) is 11.4 Å². The predicted molar refractivity (Wildman–Crippen MR) is 87.3 cm³/mol. The first kappa shape index (κ1) is 20.8. The maximum Gasteiger partial charge on any atom is 0.438 e. The highest BCUT2D eigenvalue weighted by Gasteiger charge is 2.42. The first-order chi connectivity index (χ1) is 11.0. The molecule has 0 saturated carbocycles. The Hall–Kier alpha value is -1.28. The van der Waals surface area contributed by atoms with Crippen molar-refractivity contribution in [1.29, 1.82) is 0 Å². The quantitative estimate of drug-likeness (QED) is 0.313. The molecule has 1 aromatic carbocycles. The van der Waals surface area contributed by atoms with Gasteiger partial charge in [0.05, 0.1) is 6.61 Å². The third-order valence-corrected chi connectivity index (χ3v) is 4.32. The van der Waals surface area contributed by atoms with Gasteiger partial charge in [0, 0.05) is 11.6 Å². The number of benzene rings is 1. The molecule has 1 unspecified atom stereocenters. The smallest absolute Gasteiger partial charge is 0.438 e. The molecule has 0 aliphatic heterocycles. The van der Waals surface area contributed by atoms with E-state index in [4.69, 9.17) is 4.74 Å². The Kier molecular flexibility index (Phi) is 7.10. The van der Waals surface area contributed by atoms with E-state index in [1.54, 1.807) is 0 Å². The zero-order valence-corrected chi connectivity index (χ0v) is 14.9. The number of unbranched alkanes of at least 4 members (excludes halogenated alkanes) is 1. The standard InChI is InChI=1S/C16H21F4NO2S/c1-5-6-9-23-11-7-8-12(13(17)10-11)14(16(18,19)20)21-24(22)15(2,3)4/h7-8,10H,5-6,9H2,1-4H3. The van der Waals surface area contributed by atoms with Crippen molar-refractivity contribution in [2.75, 3.05) is 6.61 Å². The van der Waals surface area contributed by atoms with Gasteiger partial charge in [-0.05, 0) is 39.3 Å². The molecule has 1 aromatic rings. The zero-order valence-electron chi connectivity index (χ0n) is 14.0. The third-order valence-electron chi connectivity index (χ3n) is 2.93. The van der Waals surface area contributed by atoms with Crippen molar-refractivity contribution in [3.63, 3.8) is 0 Å². The van der Waals surface area contributed by atoms with Crippen molar-refractivity contribution >= 4 is 17.1 Å². The zero-order chi connectivity index (χ0) is 18.5. The van der Waals surface area contributed by atoms with Crippen molar-refractivity contribution in [2.45, 2.75) is 51.5 Å². The molecule has 136 valence electrons. The van der Waals surface area contributed by atoms with Gasteiger partial charge < -0.3 is 9.29 Å². The first-order valence-electron chi connectivity index (χ1n) is 7.47. The molecule has 24 heavy (non-hydrogen) atoms. The minimum absolute atomic E-state index is 0.142. The van der Waals surface area contributed by atoms with Crippen molar-refractivity contribution in [1.82, 2.24) is 0 Å². The predicted octanol–water partition coefficient (Wildman–Crippen LogP) is 4.82. The molecule has 0 bridgehead atoms. The van der Waals surface area contributed by atoms with E-state index in [0.717, 1.165) is 25.0 Å². The van der Waals surface area contributed by atoms with Gasteiger partial charge in [-0.25, -0.2) is 4.39 Å². The Labute approximate surface area is 142 Å². The molecular formula is C16H21F4NO2S. The number of nitrogens with zero attached hydrogens (tertiary/aromatic N) is 1. The highest BCUT2D eigenvalue weighted by atomic mass is 32.2. The Bertz CT molecular complexity index is 582. The van der Waals surface area contributed by atoms with E-state index in [9.17, 15) is 22.1 Å². The van der Waals surface area contributed by atoms with E-state index < -0.39 is 39.4 Å². The van der Waals surface area contributed by atoms with Gasteiger partial charge in [-0.2, -0.15) is 13.2 Å². The third kappa shape index (κ3) is 5.98. The molecule has 0 amide bonds. The van der Waals surface area contributed by atoms with Gasteiger partial charge in [0.2, 0.25) is 5.71 Å². The normalized spacial score (nSPS) is 14.6. The highest BCUT2D eigenvalue weighted by molar-refractivity contribution is 7.91. The van der Waals surface area contributed by atoms with E-state index >= 15 is 0 Å². The number of alkyl halides is 3. The SMILES string of the molecule is CCCCOc1ccc(C(=N[S+]([O-])C(C)(C)C)C(F)(F)F)c(F)c1. The van der Waals surface area contributed by atoms with Crippen LogP contribution in [0.5, 0.6) is 5.75 Å². The van der Waals surface area contributed by atoms with Gasteiger partial charge in [-0.1, -0.05) is 17.7 Å². The van der Waals surface area contributed by atoms with Crippen LogP contribution in [0, 0.1) is 5.82 Å². The largest absolute Gasteiger partial charge is 0.591 e. The molecule has 0 N–H and O–H groups in total. The fourth-order valence-electron chi connectivity index (χ4n) is 1.59. The van der Waals surface area contributed by atoms with Crippen LogP contribution in [0.1, 0.15) is 46.1 Å². The Morgan fingerprint density at radius 1 is 1.25 bits per heavy atom. The van der Waals surface area contributed by atoms with Crippen LogP contribution in [0.2, 0.25) is 0 Å². The summed E-state index contributed by atoms with van der Waals surface area (Å²) in [4.78, 5) is 0. The number of rotatable bonds is 6. The van der Waals surface area contributed by atoms with Gasteiger partial charge in [0.25, 0.3) is 0 Å². The van der Waals surface area contributed by atoms with Gasteiger partial charge in [0.1, 0.15) is 27.7 Å². The molecule has 0 spiro atoms. The van der Waals surface area contributed by atoms with Crippen molar-refractivity contribution in [3.8, 4) is 5.75 Å². The lowest BCUT2D eigenvalue weighted by Crippen LogP contribution is -2.32. The van der Waals surface area contributed by atoms with Crippen LogP contribution in [0.15, 0.2) is 22.6 Å².